The lowest BCUT2D eigenvalue weighted by atomic mass is 10.2. The second-order valence-corrected chi connectivity index (χ2v) is 5.56. The second-order valence-electron chi connectivity index (χ2n) is 4.12. The number of nitrogens with zero attached hydrogens (tertiary/aromatic N) is 1. The number of hydrogen-bond donors (Lipinski definition) is 3. The molecule has 2 aromatic rings. The summed E-state index contributed by atoms with van der Waals surface area (Å²) in [4.78, 5) is 18.8. The summed E-state index contributed by atoms with van der Waals surface area (Å²) in [6.07, 6.45) is 0. The molecule has 0 amide bonds. The van der Waals surface area contributed by atoms with Crippen LogP contribution in [0, 0.1) is 0 Å². The van der Waals surface area contributed by atoms with E-state index in [0.717, 1.165) is 23.5 Å². The molecule has 0 saturated carbocycles. The highest BCUT2D eigenvalue weighted by atomic mass is 35.5. The third-order valence-electron chi connectivity index (χ3n) is 2.52. The summed E-state index contributed by atoms with van der Waals surface area (Å²) in [5, 5.41) is 4.28. The lowest BCUT2D eigenvalue weighted by Crippen LogP contribution is -2.11. The fourth-order valence-corrected chi connectivity index (χ4v) is 2.73. The van der Waals surface area contributed by atoms with E-state index in [4.69, 9.17) is 17.3 Å². The summed E-state index contributed by atoms with van der Waals surface area (Å²) in [7, 11) is 0. The van der Waals surface area contributed by atoms with Crippen LogP contribution in [0.4, 0.5) is 5.82 Å². The number of aromatic nitrogens is 2. The SMILES string of the molecule is CCNCc1ccc(Sc2nc(N)cc(=O)[nH]2)c(Cl)c1. The molecule has 0 fully saturated rings. The van der Waals surface area contributed by atoms with Gasteiger partial charge >= 0.3 is 0 Å². The van der Waals surface area contributed by atoms with Crippen molar-refractivity contribution in [2.45, 2.75) is 23.5 Å². The molecule has 5 nitrogen and oxygen atoms in total. The molecule has 0 saturated heterocycles. The first kappa shape index (κ1) is 14.9. The smallest absolute Gasteiger partial charge is 0.253 e. The van der Waals surface area contributed by atoms with E-state index in [1.165, 1.54) is 17.8 Å². The zero-order valence-corrected chi connectivity index (χ0v) is 12.5. The topological polar surface area (TPSA) is 83.8 Å². The van der Waals surface area contributed by atoms with Gasteiger partial charge < -0.3 is 16.0 Å². The third-order valence-corrected chi connectivity index (χ3v) is 3.91. The number of rotatable bonds is 5. The van der Waals surface area contributed by atoms with Crippen LogP contribution < -0.4 is 16.6 Å². The molecule has 106 valence electrons. The molecule has 2 rings (SSSR count). The van der Waals surface area contributed by atoms with Crippen molar-refractivity contribution in [3.8, 4) is 0 Å². The minimum absolute atomic E-state index is 0.191. The first-order chi connectivity index (χ1) is 9.58. The van der Waals surface area contributed by atoms with Gasteiger partial charge in [-0.15, -0.1) is 0 Å². The van der Waals surface area contributed by atoms with Crippen LogP contribution in [0.1, 0.15) is 12.5 Å². The van der Waals surface area contributed by atoms with Crippen molar-refractivity contribution in [1.29, 1.82) is 0 Å². The van der Waals surface area contributed by atoms with Gasteiger partial charge in [0, 0.05) is 17.5 Å². The van der Waals surface area contributed by atoms with Crippen molar-refractivity contribution in [3.05, 3.63) is 45.2 Å². The average molecular weight is 311 g/mol. The Kier molecular flexibility index (Phi) is 5.05. The van der Waals surface area contributed by atoms with Gasteiger partial charge in [-0.1, -0.05) is 36.4 Å². The molecule has 4 N–H and O–H groups in total. The molecule has 0 bridgehead atoms. The molecule has 20 heavy (non-hydrogen) atoms. The minimum Gasteiger partial charge on any atom is -0.383 e. The molecule has 0 radical (unpaired) electrons. The van der Waals surface area contributed by atoms with Crippen LogP contribution in [0.15, 0.2) is 39.1 Å². The monoisotopic (exact) mass is 310 g/mol. The summed E-state index contributed by atoms with van der Waals surface area (Å²) < 4.78 is 0. The zero-order chi connectivity index (χ0) is 14.5. The van der Waals surface area contributed by atoms with Crippen molar-refractivity contribution in [3.63, 3.8) is 0 Å². The van der Waals surface area contributed by atoms with Crippen LogP contribution in [0.2, 0.25) is 5.02 Å². The molecule has 1 heterocycles. The zero-order valence-electron chi connectivity index (χ0n) is 10.9. The van der Waals surface area contributed by atoms with Gasteiger partial charge in [0.2, 0.25) is 0 Å². The number of nitrogen functional groups attached to an aromatic ring is 1. The number of aromatic amines is 1. The Hall–Kier alpha value is -1.50. The number of nitrogens with one attached hydrogen (secondary N) is 2. The van der Waals surface area contributed by atoms with E-state index in [9.17, 15) is 4.79 Å². The van der Waals surface area contributed by atoms with Crippen LogP contribution in [-0.2, 0) is 6.54 Å². The molecule has 0 aliphatic heterocycles. The van der Waals surface area contributed by atoms with Crippen molar-refractivity contribution < 1.29 is 0 Å². The van der Waals surface area contributed by atoms with Gasteiger partial charge in [0.1, 0.15) is 5.82 Å². The fourth-order valence-electron chi connectivity index (χ4n) is 1.61. The number of nitrogens with two attached hydrogens (primary N) is 1. The Morgan fingerprint density at radius 2 is 2.25 bits per heavy atom. The molecule has 1 aromatic carbocycles. The molecule has 0 spiro atoms. The maximum absolute atomic E-state index is 11.3. The van der Waals surface area contributed by atoms with Crippen LogP contribution in [0.5, 0.6) is 0 Å². The van der Waals surface area contributed by atoms with Crippen LogP contribution >= 0.6 is 23.4 Å². The highest BCUT2D eigenvalue weighted by Gasteiger charge is 2.07. The van der Waals surface area contributed by atoms with Gasteiger partial charge in [-0.2, -0.15) is 0 Å². The highest BCUT2D eigenvalue weighted by Crippen LogP contribution is 2.31. The van der Waals surface area contributed by atoms with E-state index in [1.807, 2.05) is 25.1 Å². The van der Waals surface area contributed by atoms with E-state index in [-0.39, 0.29) is 11.4 Å². The Bertz CT molecular complexity index is 659. The van der Waals surface area contributed by atoms with E-state index < -0.39 is 0 Å². The summed E-state index contributed by atoms with van der Waals surface area (Å²) in [5.74, 6) is 0.191. The first-order valence-electron chi connectivity index (χ1n) is 6.12. The number of H-pyrrole nitrogens is 1. The number of benzene rings is 1. The quantitative estimate of drug-likeness (QED) is 0.738. The van der Waals surface area contributed by atoms with Crippen molar-refractivity contribution >= 4 is 29.2 Å². The largest absolute Gasteiger partial charge is 0.383 e. The van der Waals surface area contributed by atoms with Crippen molar-refractivity contribution in [2.75, 3.05) is 12.3 Å². The molecule has 1 aromatic heterocycles. The molecular weight excluding hydrogens is 296 g/mol. The molecule has 0 aliphatic rings. The summed E-state index contributed by atoms with van der Waals surface area (Å²) in [6, 6.07) is 7.03. The summed E-state index contributed by atoms with van der Waals surface area (Å²) >= 11 is 7.51. The van der Waals surface area contributed by atoms with Gasteiger partial charge in [0.15, 0.2) is 5.16 Å². The van der Waals surface area contributed by atoms with Crippen LogP contribution in [0.3, 0.4) is 0 Å². The minimum atomic E-state index is -0.278. The van der Waals surface area contributed by atoms with E-state index >= 15 is 0 Å². The predicted octanol–water partition coefficient (Wildman–Crippen LogP) is 2.27. The van der Waals surface area contributed by atoms with Gasteiger partial charge in [-0.3, -0.25) is 4.79 Å². The Morgan fingerprint density at radius 1 is 1.45 bits per heavy atom. The lowest BCUT2D eigenvalue weighted by molar-refractivity contribution is 0.726. The van der Waals surface area contributed by atoms with E-state index in [1.54, 1.807) is 0 Å². The Balaban J connectivity index is 2.19. The highest BCUT2D eigenvalue weighted by molar-refractivity contribution is 7.99. The first-order valence-corrected chi connectivity index (χ1v) is 7.31. The maximum Gasteiger partial charge on any atom is 0.253 e. The maximum atomic E-state index is 11.3. The molecule has 7 heteroatoms. The van der Waals surface area contributed by atoms with E-state index in [0.29, 0.717) is 10.2 Å². The molecule has 0 aliphatic carbocycles. The molecule has 0 atom stereocenters. The fraction of sp³-hybridized carbons (Fsp3) is 0.231. The van der Waals surface area contributed by atoms with Gasteiger partial charge in [-0.25, -0.2) is 4.98 Å². The second kappa shape index (κ2) is 6.78. The molecular formula is C13H15ClN4OS. The number of anilines is 1. The van der Waals surface area contributed by atoms with Crippen molar-refractivity contribution in [1.82, 2.24) is 15.3 Å². The Labute approximate surface area is 126 Å². The van der Waals surface area contributed by atoms with Gasteiger partial charge in [0.05, 0.1) is 5.02 Å². The standard InChI is InChI=1S/C13H15ClN4OS/c1-2-16-7-8-3-4-10(9(14)5-8)20-13-17-11(15)6-12(19)18-13/h3-6,16H,2,7H2,1H3,(H3,15,17,18,19). The van der Waals surface area contributed by atoms with Gasteiger partial charge in [0.25, 0.3) is 5.56 Å². The molecule has 0 unspecified atom stereocenters. The third kappa shape index (κ3) is 4.00. The normalized spacial score (nSPS) is 10.7. The van der Waals surface area contributed by atoms with E-state index in [2.05, 4.69) is 15.3 Å². The average Bonchev–Trinajstić information content (AvgIpc) is 2.38. The Morgan fingerprint density at radius 3 is 2.90 bits per heavy atom. The summed E-state index contributed by atoms with van der Waals surface area (Å²) in [6.45, 7) is 3.73. The van der Waals surface area contributed by atoms with Crippen LogP contribution in [0.25, 0.3) is 0 Å². The lowest BCUT2D eigenvalue weighted by Gasteiger charge is -2.07. The van der Waals surface area contributed by atoms with Gasteiger partial charge in [-0.05, 0) is 24.2 Å². The van der Waals surface area contributed by atoms with Crippen LogP contribution in [-0.4, -0.2) is 16.5 Å². The summed E-state index contributed by atoms with van der Waals surface area (Å²) in [5.41, 5.74) is 6.37. The number of hydrogen-bond acceptors (Lipinski definition) is 5. The van der Waals surface area contributed by atoms with Crippen molar-refractivity contribution in [2.24, 2.45) is 0 Å². The predicted molar refractivity (Wildman–Crippen MR) is 82.2 cm³/mol. The number of halogens is 1.